The summed E-state index contributed by atoms with van der Waals surface area (Å²) in [5.74, 6) is 0.765. The summed E-state index contributed by atoms with van der Waals surface area (Å²) in [4.78, 5) is 14.6. The van der Waals surface area contributed by atoms with Crippen molar-refractivity contribution in [2.24, 2.45) is 0 Å². The van der Waals surface area contributed by atoms with E-state index >= 15 is 0 Å². The second-order valence-electron chi connectivity index (χ2n) is 9.46. The van der Waals surface area contributed by atoms with Gasteiger partial charge in [-0.2, -0.15) is 0 Å². The molecule has 2 heterocycles. The molecule has 0 radical (unpaired) electrons. The van der Waals surface area contributed by atoms with Crippen LogP contribution < -0.4 is 10.6 Å². The SMILES string of the molecule is O=C(CN1CCC2(CC1)CC(N[C@@H]1C[C@H]1c1ccccc1)CO2)NCc1ccccc1. The predicted octanol–water partition coefficient (Wildman–Crippen LogP) is 3.07. The fraction of sp³-hybridized carbons (Fsp3) is 0.500. The van der Waals surface area contributed by atoms with Gasteiger partial charge in [0.25, 0.3) is 0 Å². The molecule has 3 fully saturated rings. The monoisotopic (exact) mass is 419 g/mol. The average Bonchev–Trinajstić information content (AvgIpc) is 3.47. The predicted molar refractivity (Wildman–Crippen MR) is 122 cm³/mol. The van der Waals surface area contributed by atoms with Gasteiger partial charge in [-0.25, -0.2) is 0 Å². The number of nitrogens with zero attached hydrogens (tertiary/aromatic N) is 1. The van der Waals surface area contributed by atoms with Crippen LogP contribution in [0.15, 0.2) is 60.7 Å². The Morgan fingerprint density at radius 2 is 1.74 bits per heavy atom. The number of hydrogen-bond donors (Lipinski definition) is 2. The maximum atomic E-state index is 12.3. The number of benzene rings is 2. The Bertz CT molecular complexity index is 865. The summed E-state index contributed by atoms with van der Waals surface area (Å²) in [7, 11) is 0. The Labute approximate surface area is 185 Å². The highest BCUT2D eigenvalue weighted by molar-refractivity contribution is 5.78. The van der Waals surface area contributed by atoms with Gasteiger partial charge >= 0.3 is 0 Å². The van der Waals surface area contributed by atoms with E-state index in [2.05, 4.69) is 45.9 Å². The van der Waals surface area contributed by atoms with Crippen molar-refractivity contribution < 1.29 is 9.53 Å². The molecule has 2 N–H and O–H groups in total. The van der Waals surface area contributed by atoms with Crippen LogP contribution in [0.4, 0.5) is 0 Å². The number of hydrogen-bond acceptors (Lipinski definition) is 4. The Hall–Kier alpha value is -2.21. The summed E-state index contributed by atoms with van der Waals surface area (Å²) in [6.07, 6.45) is 4.37. The second kappa shape index (κ2) is 9.11. The third-order valence-electron chi connectivity index (χ3n) is 7.14. The average molecular weight is 420 g/mol. The lowest BCUT2D eigenvalue weighted by Crippen LogP contribution is -2.47. The summed E-state index contributed by atoms with van der Waals surface area (Å²) in [6, 6.07) is 22.0. The maximum Gasteiger partial charge on any atom is 0.234 e. The highest BCUT2D eigenvalue weighted by Crippen LogP contribution is 2.43. The highest BCUT2D eigenvalue weighted by atomic mass is 16.5. The van der Waals surface area contributed by atoms with E-state index in [4.69, 9.17) is 4.74 Å². The van der Waals surface area contributed by atoms with Crippen molar-refractivity contribution in [3.05, 3.63) is 71.8 Å². The van der Waals surface area contributed by atoms with Crippen molar-refractivity contribution in [1.29, 1.82) is 0 Å². The maximum absolute atomic E-state index is 12.3. The topological polar surface area (TPSA) is 53.6 Å². The molecule has 2 aromatic carbocycles. The molecule has 5 rings (SSSR count). The smallest absolute Gasteiger partial charge is 0.234 e. The van der Waals surface area contributed by atoms with E-state index in [-0.39, 0.29) is 11.5 Å². The van der Waals surface area contributed by atoms with Gasteiger partial charge in [0.15, 0.2) is 0 Å². The molecule has 1 saturated carbocycles. The van der Waals surface area contributed by atoms with E-state index in [0.717, 1.165) is 44.5 Å². The van der Waals surface area contributed by atoms with Crippen LogP contribution in [0.25, 0.3) is 0 Å². The lowest BCUT2D eigenvalue weighted by Gasteiger charge is -2.38. The molecule has 5 heteroatoms. The molecule has 1 amide bonds. The van der Waals surface area contributed by atoms with Gasteiger partial charge in [0.2, 0.25) is 5.91 Å². The summed E-state index contributed by atoms with van der Waals surface area (Å²) >= 11 is 0. The lowest BCUT2D eigenvalue weighted by molar-refractivity contribution is -0.123. The molecule has 3 aliphatic rings. The van der Waals surface area contributed by atoms with Gasteiger partial charge in [0.05, 0.1) is 18.8 Å². The first-order valence-corrected chi connectivity index (χ1v) is 11.7. The quantitative estimate of drug-likeness (QED) is 0.724. The summed E-state index contributed by atoms with van der Waals surface area (Å²) in [6.45, 7) is 3.75. The Kier molecular flexibility index (Phi) is 6.08. The Balaban J connectivity index is 1.03. The minimum Gasteiger partial charge on any atom is -0.373 e. The summed E-state index contributed by atoms with van der Waals surface area (Å²) < 4.78 is 6.33. The molecule has 3 atom stereocenters. The number of likely N-dealkylation sites (tertiary alicyclic amines) is 1. The van der Waals surface area contributed by atoms with Crippen LogP contribution in [0.3, 0.4) is 0 Å². The third-order valence-corrected chi connectivity index (χ3v) is 7.14. The first-order chi connectivity index (χ1) is 15.2. The molecule has 2 aromatic rings. The Morgan fingerprint density at radius 3 is 2.48 bits per heavy atom. The minimum atomic E-state index is 0.00577. The van der Waals surface area contributed by atoms with Gasteiger partial charge in [0.1, 0.15) is 0 Å². The molecule has 1 aliphatic carbocycles. The molecule has 2 aliphatic heterocycles. The van der Waals surface area contributed by atoms with E-state index in [9.17, 15) is 4.79 Å². The number of piperidine rings is 1. The molecule has 0 bridgehead atoms. The van der Waals surface area contributed by atoms with Crippen molar-refractivity contribution in [3.8, 4) is 0 Å². The zero-order valence-electron chi connectivity index (χ0n) is 18.1. The first-order valence-electron chi connectivity index (χ1n) is 11.7. The molecule has 1 spiro atoms. The highest BCUT2D eigenvalue weighted by Gasteiger charge is 2.46. The van der Waals surface area contributed by atoms with Gasteiger partial charge in [0, 0.05) is 37.6 Å². The van der Waals surface area contributed by atoms with Crippen molar-refractivity contribution >= 4 is 5.91 Å². The second-order valence-corrected chi connectivity index (χ2v) is 9.46. The standard InChI is InChI=1S/C26H33N3O2/c30-25(27-17-20-7-3-1-4-8-20)18-29-13-11-26(12-14-29)16-22(19-31-26)28-24-15-23(24)21-9-5-2-6-10-21/h1-10,22-24,28H,11-19H2,(H,27,30)/t22?,23-,24+/m0/s1. The van der Waals surface area contributed by atoms with E-state index < -0.39 is 0 Å². The fourth-order valence-electron chi connectivity index (χ4n) is 5.22. The first kappa shape index (κ1) is 20.7. The Morgan fingerprint density at radius 1 is 1.03 bits per heavy atom. The van der Waals surface area contributed by atoms with Crippen LogP contribution in [0.5, 0.6) is 0 Å². The molecule has 2 saturated heterocycles. The molecule has 164 valence electrons. The zero-order chi connectivity index (χ0) is 21.1. The van der Waals surface area contributed by atoms with Gasteiger partial charge in [-0.05, 0) is 36.8 Å². The lowest BCUT2D eigenvalue weighted by atomic mass is 9.87. The van der Waals surface area contributed by atoms with E-state index in [0.29, 0.717) is 31.1 Å². The largest absolute Gasteiger partial charge is 0.373 e. The summed E-state index contributed by atoms with van der Waals surface area (Å²) in [5, 5.41) is 6.88. The third kappa shape index (κ3) is 5.17. The van der Waals surface area contributed by atoms with Gasteiger partial charge < -0.3 is 15.4 Å². The van der Waals surface area contributed by atoms with E-state index in [1.807, 2.05) is 30.3 Å². The van der Waals surface area contributed by atoms with Gasteiger partial charge in [-0.15, -0.1) is 0 Å². The number of ether oxygens (including phenoxy) is 1. The van der Waals surface area contributed by atoms with Crippen LogP contribution in [0.2, 0.25) is 0 Å². The number of carbonyl (C=O) groups is 1. The van der Waals surface area contributed by atoms with Crippen LogP contribution in [-0.4, -0.2) is 54.7 Å². The zero-order valence-corrected chi connectivity index (χ0v) is 18.1. The minimum absolute atomic E-state index is 0.00577. The van der Waals surface area contributed by atoms with Crippen molar-refractivity contribution in [2.45, 2.75) is 55.8 Å². The van der Waals surface area contributed by atoms with Gasteiger partial charge in [-0.3, -0.25) is 9.69 Å². The number of nitrogens with one attached hydrogen (secondary N) is 2. The molecule has 5 nitrogen and oxygen atoms in total. The number of rotatable bonds is 7. The normalized spacial score (nSPS) is 27.3. The van der Waals surface area contributed by atoms with Crippen LogP contribution >= 0.6 is 0 Å². The molecule has 31 heavy (non-hydrogen) atoms. The molecule has 1 unspecified atom stereocenters. The number of carbonyl (C=O) groups excluding carboxylic acids is 1. The molecule has 0 aromatic heterocycles. The van der Waals surface area contributed by atoms with E-state index in [1.54, 1.807) is 0 Å². The van der Waals surface area contributed by atoms with Crippen molar-refractivity contribution in [2.75, 3.05) is 26.2 Å². The van der Waals surface area contributed by atoms with E-state index in [1.165, 1.54) is 12.0 Å². The van der Waals surface area contributed by atoms with Gasteiger partial charge in [-0.1, -0.05) is 60.7 Å². The molecular formula is C26H33N3O2. The fourth-order valence-corrected chi connectivity index (χ4v) is 5.22. The van der Waals surface area contributed by atoms with Crippen LogP contribution in [-0.2, 0) is 16.1 Å². The van der Waals surface area contributed by atoms with Crippen LogP contribution in [0.1, 0.15) is 42.7 Å². The number of amides is 1. The van der Waals surface area contributed by atoms with Crippen molar-refractivity contribution in [3.63, 3.8) is 0 Å². The van der Waals surface area contributed by atoms with Crippen LogP contribution in [0, 0.1) is 0 Å². The van der Waals surface area contributed by atoms with Crippen molar-refractivity contribution in [1.82, 2.24) is 15.5 Å². The molecular weight excluding hydrogens is 386 g/mol. The summed E-state index contributed by atoms with van der Waals surface area (Å²) in [5.41, 5.74) is 2.59.